The summed E-state index contributed by atoms with van der Waals surface area (Å²) in [6, 6.07) is 8.48. The topological polar surface area (TPSA) is 105 Å². The van der Waals surface area contributed by atoms with Gasteiger partial charge in [0.25, 0.3) is 5.91 Å². The molecule has 0 atom stereocenters. The minimum atomic E-state index is -0.835. The van der Waals surface area contributed by atoms with E-state index in [2.05, 4.69) is 11.4 Å². The fourth-order valence-electron chi connectivity index (χ4n) is 2.66. The first-order valence-electron chi connectivity index (χ1n) is 8.06. The molecular formula is C18H20N2O5. The Kier molecular flexibility index (Phi) is 6.12. The van der Waals surface area contributed by atoms with Crippen LogP contribution in [0.2, 0.25) is 0 Å². The second kappa shape index (κ2) is 8.29. The lowest BCUT2D eigenvalue weighted by Crippen LogP contribution is -2.46. The van der Waals surface area contributed by atoms with Crippen molar-refractivity contribution in [3.63, 3.8) is 0 Å². The number of nitriles is 1. The van der Waals surface area contributed by atoms with Crippen LogP contribution in [0.3, 0.4) is 0 Å². The van der Waals surface area contributed by atoms with E-state index in [-0.39, 0.29) is 12.4 Å². The molecule has 0 bridgehead atoms. The molecule has 1 saturated carbocycles. The lowest BCUT2D eigenvalue weighted by molar-refractivity contribution is -0.150. The van der Waals surface area contributed by atoms with E-state index >= 15 is 0 Å². The molecule has 0 saturated heterocycles. The highest BCUT2D eigenvalue weighted by molar-refractivity contribution is 5.94. The van der Waals surface area contributed by atoms with Gasteiger partial charge >= 0.3 is 5.97 Å². The van der Waals surface area contributed by atoms with E-state index in [1.807, 2.05) is 0 Å². The largest absolute Gasteiger partial charge is 0.482 e. The van der Waals surface area contributed by atoms with E-state index in [9.17, 15) is 19.6 Å². The zero-order chi connectivity index (χ0) is 18.3. The van der Waals surface area contributed by atoms with Crippen molar-refractivity contribution < 1.29 is 23.9 Å². The third kappa shape index (κ3) is 5.31. The van der Waals surface area contributed by atoms with Gasteiger partial charge in [-0.05, 0) is 56.9 Å². The normalized spacial score (nSPS) is 15.0. The molecule has 1 aromatic rings. The standard InChI is InChI=1S/C18H20N2O5/c1-13(21)14-4-6-15(7-5-14)24-11-17(23)25-10-16(22)20-18(12-19)8-2-3-9-18/h4-7H,2-3,8-11H2,1H3,(H,20,22). The smallest absolute Gasteiger partial charge is 0.344 e. The second-order valence-corrected chi connectivity index (χ2v) is 5.98. The van der Waals surface area contributed by atoms with Crippen LogP contribution in [0.4, 0.5) is 0 Å². The van der Waals surface area contributed by atoms with Crippen molar-refractivity contribution in [2.24, 2.45) is 0 Å². The molecule has 1 aliphatic rings. The van der Waals surface area contributed by atoms with Crippen LogP contribution in [0.25, 0.3) is 0 Å². The lowest BCUT2D eigenvalue weighted by atomic mass is 10.00. The molecule has 1 N–H and O–H groups in total. The lowest BCUT2D eigenvalue weighted by Gasteiger charge is -2.21. The van der Waals surface area contributed by atoms with Gasteiger partial charge in [-0.15, -0.1) is 0 Å². The van der Waals surface area contributed by atoms with E-state index in [0.717, 1.165) is 12.8 Å². The zero-order valence-corrected chi connectivity index (χ0v) is 14.0. The van der Waals surface area contributed by atoms with Gasteiger partial charge in [-0.2, -0.15) is 5.26 Å². The van der Waals surface area contributed by atoms with Crippen molar-refractivity contribution in [3.8, 4) is 11.8 Å². The van der Waals surface area contributed by atoms with Crippen LogP contribution in [0.15, 0.2) is 24.3 Å². The van der Waals surface area contributed by atoms with E-state index in [1.54, 1.807) is 24.3 Å². The van der Waals surface area contributed by atoms with Gasteiger partial charge in [-0.3, -0.25) is 9.59 Å². The molecule has 0 aromatic heterocycles. The Morgan fingerprint density at radius 3 is 2.36 bits per heavy atom. The van der Waals surface area contributed by atoms with Crippen molar-refractivity contribution in [2.75, 3.05) is 13.2 Å². The number of nitrogens with zero attached hydrogens (tertiary/aromatic N) is 1. The van der Waals surface area contributed by atoms with Crippen LogP contribution in [0.1, 0.15) is 43.0 Å². The summed E-state index contributed by atoms with van der Waals surface area (Å²) < 4.78 is 10.1. The predicted octanol–water partition coefficient (Wildman–Crippen LogP) is 1.76. The first kappa shape index (κ1) is 18.5. The molecule has 2 rings (SSSR count). The number of amides is 1. The first-order valence-corrected chi connectivity index (χ1v) is 8.06. The summed E-state index contributed by atoms with van der Waals surface area (Å²) in [4.78, 5) is 34.6. The number of nitrogens with one attached hydrogen (secondary N) is 1. The number of benzene rings is 1. The van der Waals surface area contributed by atoms with E-state index in [1.165, 1.54) is 6.92 Å². The second-order valence-electron chi connectivity index (χ2n) is 5.98. The Bertz CT molecular complexity index is 684. The molecule has 1 aliphatic carbocycles. The zero-order valence-electron chi connectivity index (χ0n) is 14.0. The summed E-state index contributed by atoms with van der Waals surface area (Å²) in [5.41, 5.74) is -0.289. The minimum absolute atomic E-state index is 0.0608. The van der Waals surface area contributed by atoms with Crippen LogP contribution < -0.4 is 10.1 Å². The molecule has 0 radical (unpaired) electrons. The van der Waals surface area contributed by atoms with Crippen molar-refractivity contribution in [1.82, 2.24) is 5.32 Å². The van der Waals surface area contributed by atoms with Gasteiger partial charge in [0.05, 0.1) is 6.07 Å². The SMILES string of the molecule is CC(=O)c1ccc(OCC(=O)OCC(=O)NC2(C#N)CCCC2)cc1. The molecule has 25 heavy (non-hydrogen) atoms. The summed E-state index contributed by atoms with van der Waals surface area (Å²) in [5, 5.41) is 11.8. The third-order valence-electron chi connectivity index (χ3n) is 4.03. The quantitative estimate of drug-likeness (QED) is 0.597. The first-order chi connectivity index (χ1) is 11.9. The molecule has 7 nitrogen and oxygen atoms in total. The fraction of sp³-hybridized carbons (Fsp3) is 0.444. The number of Topliss-reactive ketones (excluding diaryl/α,β-unsaturated/α-hetero) is 1. The Balaban J connectivity index is 1.72. The number of hydrogen-bond acceptors (Lipinski definition) is 6. The Hall–Kier alpha value is -2.88. The highest BCUT2D eigenvalue weighted by Crippen LogP contribution is 2.28. The van der Waals surface area contributed by atoms with Gasteiger partial charge in [0, 0.05) is 5.56 Å². The van der Waals surface area contributed by atoms with Crippen molar-refractivity contribution >= 4 is 17.7 Å². The molecule has 0 aliphatic heterocycles. The van der Waals surface area contributed by atoms with Gasteiger partial charge < -0.3 is 14.8 Å². The van der Waals surface area contributed by atoms with Gasteiger partial charge in [0.2, 0.25) is 0 Å². The molecule has 7 heteroatoms. The van der Waals surface area contributed by atoms with Gasteiger partial charge in [-0.25, -0.2) is 4.79 Å². The molecule has 0 heterocycles. The number of rotatable bonds is 7. The maximum Gasteiger partial charge on any atom is 0.344 e. The predicted molar refractivity (Wildman–Crippen MR) is 87.9 cm³/mol. The molecule has 0 unspecified atom stereocenters. The average molecular weight is 344 g/mol. The highest BCUT2D eigenvalue weighted by Gasteiger charge is 2.35. The minimum Gasteiger partial charge on any atom is -0.482 e. The highest BCUT2D eigenvalue weighted by atomic mass is 16.6. The molecule has 132 valence electrons. The number of ketones is 1. The van der Waals surface area contributed by atoms with Crippen LogP contribution in [0.5, 0.6) is 5.75 Å². The Morgan fingerprint density at radius 1 is 1.16 bits per heavy atom. The van der Waals surface area contributed by atoms with Crippen molar-refractivity contribution in [1.29, 1.82) is 5.26 Å². The average Bonchev–Trinajstić information content (AvgIpc) is 3.07. The third-order valence-corrected chi connectivity index (χ3v) is 4.03. The van der Waals surface area contributed by atoms with Gasteiger partial charge in [0.1, 0.15) is 11.3 Å². The maximum absolute atomic E-state index is 11.8. The number of ether oxygens (including phenoxy) is 2. The van der Waals surface area contributed by atoms with E-state index < -0.39 is 24.0 Å². The fourth-order valence-corrected chi connectivity index (χ4v) is 2.66. The van der Waals surface area contributed by atoms with Crippen LogP contribution in [-0.2, 0) is 14.3 Å². The van der Waals surface area contributed by atoms with Crippen LogP contribution in [0, 0.1) is 11.3 Å². The summed E-state index contributed by atoms with van der Waals surface area (Å²) in [6.07, 6.45) is 3.01. The maximum atomic E-state index is 11.8. The molecule has 1 amide bonds. The number of esters is 1. The number of hydrogen-bond donors (Lipinski definition) is 1. The molecule has 1 fully saturated rings. The summed E-state index contributed by atoms with van der Waals surface area (Å²) in [6.45, 7) is 0.658. The summed E-state index contributed by atoms with van der Waals surface area (Å²) in [7, 11) is 0. The van der Waals surface area contributed by atoms with Crippen molar-refractivity contribution in [3.05, 3.63) is 29.8 Å². The monoisotopic (exact) mass is 344 g/mol. The van der Waals surface area contributed by atoms with Crippen LogP contribution in [-0.4, -0.2) is 36.4 Å². The molecule has 0 spiro atoms. The van der Waals surface area contributed by atoms with Gasteiger partial charge in [0.15, 0.2) is 19.0 Å². The summed E-state index contributed by atoms with van der Waals surface area (Å²) in [5.74, 6) is -0.832. The van der Waals surface area contributed by atoms with Crippen molar-refractivity contribution in [2.45, 2.75) is 38.1 Å². The van der Waals surface area contributed by atoms with Crippen LogP contribution >= 0.6 is 0 Å². The molecule has 1 aromatic carbocycles. The van der Waals surface area contributed by atoms with E-state index in [4.69, 9.17) is 9.47 Å². The van der Waals surface area contributed by atoms with Gasteiger partial charge in [-0.1, -0.05) is 0 Å². The number of carbonyl (C=O) groups is 3. The number of carbonyl (C=O) groups excluding carboxylic acids is 3. The summed E-state index contributed by atoms with van der Waals surface area (Å²) >= 11 is 0. The van der Waals surface area contributed by atoms with E-state index in [0.29, 0.717) is 24.2 Å². The Morgan fingerprint density at radius 2 is 1.80 bits per heavy atom. The Labute approximate surface area is 145 Å². The molecular weight excluding hydrogens is 324 g/mol.